The highest BCUT2D eigenvalue weighted by Crippen LogP contribution is 2.50. The number of thioether (sulfide) groups is 1. The quantitative estimate of drug-likeness (QED) is 0.804. The average molecular weight is 404 g/mol. The Labute approximate surface area is 154 Å². The van der Waals surface area contributed by atoms with E-state index in [2.05, 4.69) is 38.8 Å². The summed E-state index contributed by atoms with van der Waals surface area (Å²) < 4.78 is 0.727. The van der Waals surface area contributed by atoms with Gasteiger partial charge in [0, 0.05) is 23.6 Å². The van der Waals surface area contributed by atoms with E-state index in [1.807, 2.05) is 31.2 Å². The van der Waals surface area contributed by atoms with Crippen molar-refractivity contribution in [3.63, 3.8) is 0 Å². The number of amidine groups is 1. The standard InChI is InChI=1S/C18H18BrN3OS/c1-10-7-12(17(23)13(19)8-10)16-15(14-5-3-4-6-20-14)21-18-22(16)9-11(2)24-18/h3-8,11,15-16,23H,9H2,1-2H3/t11-,15-,16-/m0/s1. The highest BCUT2D eigenvalue weighted by atomic mass is 79.9. The number of hydrogen-bond acceptors (Lipinski definition) is 5. The number of hydrogen-bond donors (Lipinski definition) is 1. The minimum atomic E-state index is -0.0965. The van der Waals surface area contributed by atoms with Gasteiger partial charge in [-0.1, -0.05) is 30.8 Å². The van der Waals surface area contributed by atoms with Crippen LogP contribution < -0.4 is 0 Å². The normalized spacial score (nSPS) is 25.7. The summed E-state index contributed by atoms with van der Waals surface area (Å²) in [6.07, 6.45) is 1.80. The van der Waals surface area contributed by atoms with Gasteiger partial charge < -0.3 is 10.0 Å². The van der Waals surface area contributed by atoms with Gasteiger partial charge in [-0.25, -0.2) is 0 Å². The lowest BCUT2D eigenvalue weighted by atomic mass is 9.94. The van der Waals surface area contributed by atoms with Crippen molar-refractivity contribution in [2.75, 3.05) is 6.54 Å². The van der Waals surface area contributed by atoms with E-state index < -0.39 is 0 Å². The first-order valence-corrected chi connectivity index (χ1v) is 9.63. The molecule has 3 heterocycles. The number of pyridine rings is 1. The van der Waals surface area contributed by atoms with Crippen LogP contribution in [0, 0.1) is 6.92 Å². The summed E-state index contributed by atoms with van der Waals surface area (Å²) in [6.45, 7) is 5.19. The molecular formula is C18H18BrN3OS. The van der Waals surface area contributed by atoms with E-state index in [4.69, 9.17) is 4.99 Å². The number of aliphatic imine (C=N–C) groups is 1. The highest BCUT2D eigenvalue weighted by Gasteiger charge is 2.44. The maximum Gasteiger partial charge on any atom is 0.160 e. The molecule has 1 aromatic heterocycles. The molecule has 0 radical (unpaired) electrons. The first-order valence-electron chi connectivity index (χ1n) is 7.95. The van der Waals surface area contributed by atoms with Crippen LogP contribution in [0.15, 0.2) is 46.0 Å². The number of nitrogens with zero attached hydrogens (tertiary/aromatic N) is 3. The fraction of sp³-hybridized carbons (Fsp3) is 0.333. The third-order valence-corrected chi connectivity index (χ3v) is 6.14. The zero-order valence-corrected chi connectivity index (χ0v) is 15.9. The smallest absolute Gasteiger partial charge is 0.160 e. The molecule has 0 spiro atoms. The van der Waals surface area contributed by atoms with Crippen molar-refractivity contribution in [3.8, 4) is 5.75 Å². The maximum atomic E-state index is 10.7. The zero-order valence-electron chi connectivity index (χ0n) is 13.5. The third kappa shape index (κ3) is 2.62. The molecule has 2 aliphatic heterocycles. The van der Waals surface area contributed by atoms with E-state index >= 15 is 0 Å². The first-order chi connectivity index (χ1) is 11.5. The number of phenols is 1. The number of rotatable bonds is 2. The Hall–Kier alpha value is -1.53. The van der Waals surface area contributed by atoms with Crippen LogP contribution in [-0.2, 0) is 0 Å². The number of aromatic hydroxyl groups is 1. The predicted molar refractivity (Wildman–Crippen MR) is 101 cm³/mol. The van der Waals surface area contributed by atoms with Gasteiger partial charge in [-0.05, 0) is 46.6 Å². The molecular weight excluding hydrogens is 386 g/mol. The van der Waals surface area contributed by atoms with E-state index in [0.717, 1.165) is 33.0 Å². The van der Waals surface area contributed by atoms with E-state index in [1.54, 1.807) is 18.0 Å². The van der Waals surface area contributed by atoms with Crippen LogP contribution in [0.3, 0.4) is 0 Å². The molecule has 4 nitrogen and oxygen atoms in total. The molecule has 1 N–H and O–H groups in total. The lowest BCUT2D eigenvalue weighted by Gasteiger charge is -2.28. The molecule has 0 amide bonds. The Kier molecular flexibility index (Phi) is 4.04. The topological polar surface area (TPSA) is 48.7 Å². The summed E-state index contributed by atoms with van der Waals surface area (Å²) in [5, 5.41) is 12.2. The SMILES string of the molecule is Cc1cc(Br)c(O)c([C@H]2[C@H](c3ccccn3)N=C3S[C@@H](C)CN32)c1. The number of benzene rings is 1. The number of aryl methyl sites for hydroxylation is 1. The second-order valence-electron chi connectivity index (χ2n) is 6.32. The largest absolute Gasteiger partial charge is 0.506 e. The van der Waals surface area contributed by atoms with Gasteiger partial charge in [-0.15, -0.1) is 0 Å². The Morgan fingerprint density at radius 3 is 2.92 bits per heavy atom. The molecule has 0 aliphatic carbocycles. The van der Waals surface area contributed by atoms with Crippen molar-refractivity contribution in [1.29, 1.82) is 0 Å². The molecule has 0 bridgehead atoms. The molecule has 3 atom stereocenters. The van der Waals surface area contributed by atoms with Gasteiger partial charge in [-0.2, -0.15) is 0 Å². The fourth-order valence-corrected chi connectivity index (χ4v) is 5.12. The summed E-state index contributed by atoms with van der Waals surface area (Å²) >= 11 is 5.28. The molecule has 1 fully saturated rings. The highest BCUT2D eigenvalue weighted by molar-refractivity contribution is 9.10. The van der Waals surface area contributed by atoms with E-state index in [1.165, 1.54) is 0 Å². The zero-order chi connectivity index (χ0) is 16.8. The predicted octanol–water partition coefficient (Wildman–Crippen LogP) is 4.45. The molecule has 1 saturated heterocycles. The fourth-order valence-electron chi connectivity index (χ4n) is 3.44. The minimum absolute atomic E-state index is 0.0245. The molecule has 1 aromatic carbocycles. The Balaban J connectivity index is 1.85. The number of fused-ring (bicyclic) bond motifs is 1. The summed E-state index contributed by atoms with van der Waals surface area (Å²) in [7, 11) is 0. The lowest BCUT2D eigenvalue weighted by molar-refractivity contribution is 0.311. The van der Waals surface area contributed by atoms with Gasteiger partial charge in [0.15, 0.2) is 5.17 Å². The van der Waals surface area contributed by atoms with Gasteiger partial charge >= 0.3 is 0 Å². The number of halogens is 1. The van der Waals surface area contributed by atoms with Crippen molar-refractivity contribution < 1.29 is 5.11 Å². The summed E-state index contributed by atoms with van der Waals surface area (Å²) in [6, 6.07) is 9.80. The van der Waals surface area contributed by atoms with Gasteiger partial charge in [0.25, 0.3) is 0 Å². The lowest BCUT2D eigenvalue weighted by Crippen LogP contribution is -2.28. The van der Waals surface area contributed by atoms with Crippen molar-refractivity contribution in [1.82, 2.24) is 9.88 Å². The van der Waals surface area contributed by atoms with Crippen LogP contribution in [-0.4, -0.2) is 32.0 Å². The summed E-state index contributed by atoms with van der Waals surface area (Å²) in [4.78, 5) is 11.8. The van der Waals surface area contributed by atoms with Crippen molar-refractivity contribution in [2.45, 2.75) is 31.2 Å². The van der Waals surface area contributed by atoms with Gasteiger partial charge in [0.05, 0.1) is 16.2 Å². The molecule has 6 heteroatoms. The Bertz CT molecular complexity index is 811. The van der Waals surface area contributed by atoms with Crippen LogP contribution >= 0.6 is 27.7 Å². The third-order valence-electron chi connectivity index (χ3n) is 4.44. The summed E-state index contributed by atoms with van der Waals surface area (Å²) in [5.74, 6) is 0.299. The second-order valence-corrected chi connectivity index (χ2v) is 8.58. The van der Waals surface area contributed by atoms with Crippen LogP contribution in [0.25, 0.3) is 0 Å². The molecule has 24 heavy (non-hydrogen) atoms. The van der Waals surface area contributed by atoms with Crippen LogP contribution in [0.5, 0.6) is 5.75 Å². The second kappa shape index (κ2) is 6.08. The molecule has 124 valence electrons. The molecule has 2 aromatic rings. The molecule has 2 aliphatic rings. The average Bonchev–Trinajstić information content (AvgIpc) is 3.07. The van der Waals surface area contributed by atoms with Gasteiger partial charge in [0.2, 0.25) is 0 Å². The molecule has 0 unspecified atom stereocenters. The van der Waals surface area contributed by atoms with E-state index in [9.17, 15) is 5.11 Å². The van der Waals surface area contributed by atoms with Crippen LogP contribution in [0.2, 0.25) is 0 Å². The molecule has 0 saturated carbocycles. The van der Waals surface area contributed by atoms with Crippen molar-refractivity contribution in [2.24, 2.45) is 4.99 Å². The van der Waals surface area contributed by atoms with Crippen molar-refractivity contribution in [3.05, 3.63) is 57.8 Å². The van der Waals surface area contributed by atoms with Gasteiger partial charge in [0.1, 0.15) is 11.8 Å². The van der Waals surface area contributed by atoms with Crippen LogP contribution in [0.1, 0.15) is 35.8 Å². The molecule has 4 rings (SSSR count). The van der Waals surface area contributed by atoms with Crippen molar-refractivity contribution >= 4 is 32.9 Å². The van der Waals surface area contributed by atoms with Crippen LogP contribution in [0.4, 0.5) is 0 Å². The van der Waals surface area contributed by atoms with E-state index in [-0.39, 0.29) is 12.1 Å². The Morgan fingerprint density at radius 1 is 1.33 bits per heavy atom. The van der Waals surface area contributed by atoms with Gasteiger partial charge in [-0.3, -0.25) is 9.98 Å². The first kappa shape index (κ1) is 16.0. The van der Waals surface area contributed by atoms with E-state index in [0.29, 0.717) is 11.0 Å². The minimum Gasteiger partial charge on any atom is -0.506 e. The number of phenolic OH excluding ortho intramolecular Hbond substituents is 1. The number of aromatic nitrogens is 1. The maximum absolute atomic E-state index is 10.7. The monoisotopic (exact) mass is 403 g/mol. The Morgan fingerprint density at radius 2 is 2.17 bits per heavy atom. The summed E-state index contributed by atoms with van der Waals surface area (Å²) in [5.41, 5.74) is 2.96.